The Bertz CT molecular complexity index is 559. The summed E-state index contributed by atoms with van der Waals surface area (Å²) in [5.41, 5.74) is 1.24. The number of hydrogen-bond donors (Lipinski definition) is 1. The molecule has 3 nitrogen and oxygen atoms in total. The number of halogens is 1. The van der Waals surface area contributed by atoms with Crippen molar-refractivity contribution in [2.24, 2.45) is 5.41 Å². The van der Waals surface area contributed by atoms with Crippen LogP contribution in [0.4, 0.5) is 0 Å². The van der Waals surface area contributed by atoms with E-state index in [9.17, 15) is 4.79 Å². The summed E-state index contributed by atoms with van der Waals surface area (Å²) < 4.78 is 6.15. The van der Waals surface area contributed by atoms with E-state index in [0.717, 1.165) is 10.9 Å². The Labute approximate surface area is 127 Å². The Morgan fingerprint density at radius 2 is 1.95 bits per heavy atom. The maximum Gasteiger partial charge on any atom is 0.286 e. The van der Waals surface area contributed by atoms with Crippen LogP contribution in [0.1, 0.15) is 30.0 Å². The highest BCUT2D eigenvalue weighted by molar-refractivity contribution is 9.10. The summed E-state index contributed by atoms with van der Waals surface area (Å²) in [5, 5.41) is 2.92. The van der Waals surface area contributed by atoms with Crippen LogP contribution in [0.3, 0.4) is 0 Å². The van der Waals surface area contributed by atoms with Crippen molar-refractivity contribution in [1.29, 1.82) is 0 Å². The highest BCUT2D eigenvalue weighted by Crippen LogP contribution is 2.22. The van der Waals surface area contributed by atoms with Crippen LogP contribution in [-0.4, -0.2) is 12.5 Å². The lowest BCUT2D eigenvalue weighted by Gasteiger charge is -2.25. The molecule has 0 aliphatic rings. The molecule has 2 aromatic rings. The lowest BCUT2D eigenvalue weighted by molar-refractivity contribution is 0.0908. The minimum absolute atomic E-state index is 0.0178. The summed E-state index contributed by atoms with van der Waals surface area (Å²) in [6.45, 7) is 4.87. The standard InChI is InChI=1S/C16H18BrNO2/c1-16(2,10-12-5-7-13(17)8-6-12)11-18-15(19)14-4-3-9-20-14/h3-9H,10-11H2,1-2H3,(H,18,19). The molecular formula is C16H18BrNO2. The smallest absolute Gasteiger partial charge is 0.286 e. The second-order valence-corrected chi connectivity index (χ2v) is 6.54. The number of nitrogens with one attached hydrogen (secondary N) is 1. The molecule has 0 unspecified atom stereocenters. The quantitative estimate of drug-likeness (QED) is 0.895. The van der Waals surface area contributed by atoms with Crippen molar-refractivity contribution >= 4 is 21.8 Å². The van der Waals surface area contributed by atoms with Crippen molar-refractivity contribution in [1.82, 2.24) is 5.32 Å². The van der Waals surface area contributed by atoms with E-state index >= 15 is 0 Å². The van der Waals surface area contributed by atoms with Gasteiger partial charge < -0.3 is 9.73 Å². The highest BCUT2D eigenvalue weighted by Gasteiger charge is 2.20. The fourth-order valence-corrected chi connectivity index (χ4v) is 2.30. The summed E-state index contributed by atoms with van der Waals surface area (Å²) in [7, 11) is 0. The SMILES string of the molecule is CC(C)(CNC(=O)c1ccco1)Cc1ccc(Br)cc1. The summed E-state index contributed by atoms with van der Waals surface area (Å²) >= 11 is 3.43. The molecule has 4 heteroatoms. The molecule has 1 amide bonds. The first-order chi connectivity index (χ1) is 9.46. The molecule has 2 rings (SSSR count). The van der Waals surface area contributed by atoms with Gasteiger partial charge in [0.1, 0.15) is 0 Å². The number of furan rings is 1. The van der Waals surface area contributed by atoms with Crippen LogP contribution >= 0.6 is 15.9 Å². The third-order valence-corrected chi connectivity index (χ3v) is 3.60. The summed E-state index contributed by atoms with van der Waals surface area (Å²) in [6.07, 6.45) is 2.40. The summed E-state index contributed by atoms with van der Waals surface area (Å²) in [5.74, 6) is 0.184. The van der Waals surface area contributed by atoms with Crippen molar-refractivity contribution in [3.05, 3.63) is 58.5 Å². The molecule has 1 aromatic heterocycles. The van der Waals surface area contributed by atoms with Gasteiger partial charge in [-0.2, -0.15) is 0 Å². The maximum atomic E-state index is 11.8. The Hall–Kier alpha value is -1.55. The summed E-state index contributed by atoms with van der Waals surface area (Å²) in [6, 6.07) is 11.6. The van der Waals surface area contributed by atoms with Crippen LogP contribution < -0.4 is 5.32 Å². The van der Waals surface area contributed by atoms with Crippen LogP contribution in [0.25, 0.3) is 0 Å². The van der Waals surface area contributed by atoms with Crippen molar-refractivity contribution in [2.45, 2.75) is 20.3 Å². The van der Waals surface area contributed by atoms with Gasteiger partial charge in [0.25, 0.3) is 5.91 Å². The van der Waals surface area contributed by atoms with Crippen molar-refractivity contribution in [3.8, 4) is 0 Å². The van der Waals surface area contributed by atoms with E-state index in [1.54, 1.807) is 12.1 Å². The second-order valence-electron chi connectivity index (χ2n) is 5.63. The van der Waals surface area contributed by atoms with Crippen LogP contribution in [0.2, 0.25) is 0 Å². The minimum Gasteiger partial charge on any atom is -0.459 e. The van der Waals surface area contributed by atoms with Gasteiger partial charge >= 0.3 is 0 Å². The second kappa shape index (κ2) is 6.27. The number of carbonyl (C=O) groups is 1. The average Bonchev–Trinajstić information content (AvgIpc) is 2.93. The molecule has 0 aliphatic heterocycles. The van der Waals surface area contributed by atoms with Gasteiger partial charge in [-0.15, -0.1) is 0 Å². The Morgan fingerprint density at radius 1 is 1.25 bits per heavy atom. The molecule has 0 bridgehead atoms. The van der Waals surface area contributed by atoms with E-state index in [1.165, 1.54) is 11.8 Å². The zero-order valence-electron chi connectivity index (χ0n) is 11.7. The fraction of sp³-hybridized carbons (Fsp3) is 0.312. The highest BCUT2D eigenvalue weighted by atomic mass is 79.9. The molecule has 0 spiro atoms. The predicted molar refractivity (Wildman–Crippen MR) is 82.7 cm³/mol. The van der Waals surface area contributed by atoms with Gasteiger partial charge in [-0.05, 0) is 41.7 Å². The van der Waals surface area contributed by atoms with Crippen molar-refractivity contribution in [2.75, 3.05) is 6.54 Å². The number of rotatable bonds is 5. The zero-order chi connectivity index (χ0) is 14.6. The lowest BCUT2D eigenvalue weighted by Crippen LogP contribution is -2.35. The van der Waals surface area contributed by atoms with Gasteiger partial charge in [-0.3, -0.25) is 4.79 Å². The van der Waals surface area contributed by atoms with Crippen LogP contribution in [0, 0.1) is 5.41 Å². The first-order valence-corrected chi connectivity index (χ1v) is 7.32. The molecule has 1 heterocycles. The fourth-order valence-electron chi connectivity index (χ4n) is 2.03. The number of carbonyl (C=O) groups excluding carboxylic acids is 1. The molecule has 106 valence electrons. The van der Waals surface area contributed by atoms with Gasteiger partial charge in [0.2, 0.25) is 0 Å². The summed E-state index contributed by atoms with van der Waals surface area (Å²) in [4.78, 5) is 11.8. The van der Waals surface area contributed by atoms with Crippen LogP contribution in [0.5, 0.6) is 0 Å². The van der Waals surface area contributed by atoms with Crippen molar-refractivity contribution in [3.63, 3.8) is 0 Å². The molecule has 1 N–H and O–H groups in total. The molecule has 0 fully saturated rings. The molecule has 1 aromatic carbocycles. The molecule has 20 heavy (non-hydrogen) atoms. The molecule has 0 atom stereocenters. The van der Waals surface area contributed by atoms with Gasteiger partial charge in [0.15, 0.2) is 5.76 Å². The number of amides is 1. The minimum atomic E-state index is -0.168. The zero-order valence-corrected chi connectivity index (χ0v) is 13.2. The first kappa shape index (κ1) is 14.9. The van der Waals surface area contributed by atoms with Gasteiger partial charge in [0, 0.05) is 11.0 Å². The largest absolute Gasteiger partial charge is 0.459 e. The van der Waals surface area contributed by atoms with Gasteiger partial charge in [-0.1, -0.05) is 41.9 Å². The average molecular weight is 336 g/mol. The van der Waals surface area contributed by atoms with Gasteiger partial charge in [-0.25, -0.2) is 0 Å². The molecule has 0 saturated heterocycles. The Balaban J connectivity index is 1.90. The van der Waals surface area contributed by atoms with E-state index < -0.39 is 0 Å². The van der Waals surface area contributed by atoms with E-state index in [-0.39, 0.29) is 11.3 Å². The van der Waals surface area contributed by atoms with Gasteiger partial charge in [0.05, 0.1) is 6.26 Å². The van der Waals surface area contributed by atoms with Crippen LogP contribution in [0.15, 0.2) is 51.6 Å². The lowest BCUT2D eigenvalue weighted by atomic mass is 9.85. The number of hydrogen-bond acceptors (Lipinski definition) is 2. The number of benzene rings is 1. The monoisotopic (exact) mass is 335 g/mol. The van der Waals surface area contributed by atoms with E-state index in [1.807, 2.05) is 12.1 Å². The van der Waals surface area contributed by atoms with E-state index in [0.29, 0.717) is 12.3 Å². The Kier molecular flexibility index (Phi) is 4.65. The van der Waals surface area contributed by atoms with Crippen LogP contribution in [-0.2, 0) is 6.42 Å². The Morgan fingerprint density at radius 3 is 2.55 bits per heavy atom. The normalized spacial score (nSPS) is 11.3. The first-order valence-electron chi connectivity index (χ1n) is 6.52. The molecule has 0 aliphatic carbocycles. The molecule has 0 saturated carbocycles. The van der Waals surface area contributed by atoms with E-state index in [2.05, 4.69) is 47.2 Å². The maximum absolute atomic E-state index is 11.8. The molecule has 0 radical (unpaired) electrons. The predicted octanol–water partition coefficient (Wildman–Crippen LogP) is 4.04. The molecular weight excluding hydrogens is 318 g/mol. The van der Waals surface area contributed by atoms with E-state index in [4.69, 9.17) is 4.42 Å². The third-order valence-electron chi connectivity index (χ3n) is 3.07. The topological polar surface area (TPSA) is 42.2 Å². The van der Waals surface area contributed by atoms with Crippen molar-refractivity contribution < 1.29 is 9.21 Å². The third kappa shape index (κ3) is 4.23.